The lowest BCUT2D eigenvalue weighted by Crippen LogP contribution is -2.30. The summed E-state index contributed by atoms with van der Waals surface area (Å²) in [5.74, 6) is 4.23. The number of benzene rings is 1. The number of para-hydroxylation sites is 1. The Morgan fingerprint density at radius 2 is 1.90 bits per heavy atom. The van der Waals surface area contributed by atoms with E-state index in [9.17, 15) is 4.79 Å². The molecular formula is C24H27NO4. The van der Waals surface area contributed by atoms with Crippen LogP contribution in [0.4, 0.5) is 0 Å². The van der Waals surface area contributed by atoms with Crippen LogP contribution in [0.1, 0.15) is 60.2 Å². The highest BCUT2D eigenvalue weighted by molar-refractivity contribution is 5.96. The van der Waals surface area contributed by atoms with E-state index in [0.717, 1.165) is 23.7 Å². The first-order valence-electron chi connectivity index (χ1n) is 10.3. The number of ether oxygens (including phenoxy) is 1. The fraction of sp³-hybridized carbons (Fsp3) is 0.375. The van der Waals surface area contributed by atoms with Crippen LogP contribution in [0.15, 0.2) is 63.6 Å². The SMILES string of the molecule is CCCOc1ccccc1C(=O)N(Cc1ccco1)Cc1ccc(C2CC2C)o1. The zero-order valence-electron chi connectivity index (χ0n) is 17.0. The lowest BCUT2D eigenvalue weighted by atomic mass is 10.1. The fourth-order valence-corrected chi connectivity index (χ4v) is 3.53. The Labute approximate surface area is 171 Å². The van der Waals surface area contributed by atoms with Crippen LogP contribution in [0.5, 0.6) is 5.75 Å². The van der Waals surface area contributed by atoms with Crippen LogP contribution < -0.4 is 4.74 Å². The Morgan fingerprint density at radius 1 is 1.10 bits per heavy atom. The third-order valence-corrected chi connectivity index (χ3v) is 5.30. The molecule has 4 rings (SSSR count). The molecule has 2 unspecified atom stereocenters. The molecule has 3 aromatic rings. The van der Waals surface area contributed by atoms with Crippen molar-refractivity contribution in [3.63, 3.8) is 0 Å². The average Bonchev–Trinajstić information content (AvgIpc) is 3.13. The second kappa shape index (κ2) is 8.60. The van der Waals surface area contributed by atoms with Crippen LogP contribution in [0.2, 0.25) is 0 Å². The van der Waals surface area contributed by atoms with Crippen molar-refractivity contribution in [2.75, 3.05) is 6.61 Å². The Kier molecular flexibility index (Phi) is 5.74. The highest BCUT2D eigenvalue weighted by atomic mass is 16.5. The first kappa shape index (κ1) is 19.4. The lowest BCUT2D eigenvalue weighted by molar-refractivity contribution is 0.0699. The summed E-state index contributed by atoms with van der Waals surface area (Å²) in [7, 11) is 0. The van der Waals surface area contributed by atoms with Gasteiger partial charge in [-0.25, -0.2) is 0 Å². The van der Waals surface area contributed by atoms with Gasteiger partial charge in [0.2, 0.25) is 0 Å². The van der Waals surface area contributed by atoms with E-state index in [2.05, 4.69) is 6.92 Å². The standard InChI is InChI=1S/C24H27NO4/c1-3-12-28-22-9-5-4-8-20(22)24(26)25(15-18-7-6-13-27-18)16-19-10-11-23(29-19)21-14-17(21)2/h4-11,13,17,21H,3,12,14-16H2,1-2H3. The third-order valence-electron chi connectivity index (χ3n) is 5.30. The molecular weight excluding hydrogens is 366 g/mol. The predicted molar refractivity (Wildman–Crippen MR) is 110 cm³/mol. The zero-order chi connectivity index (χ0) is 20.2. The Morgan fingerprint density at radius 3 is 2.62 bits per heavy atom. The maximum atomic E-state index is 13.4. The molecule has 0 saturated heterocycles. The summed E-state index contributed by atoms with van der Waals surface area (Å²) >= 11 is 0. The van der Waals surface area contributed by atoms with Gasteiger partial charge >= 0.3 is 0 Å². The fourth-order valence-electron chi connectivity index (χ4n) is 3.53. The van der Waals surface area contributed by atoms with Crippen molar-refractivity contribution in [2.45, 2.75) is 45.7 Å². The molecule has 0 N–H and O–H groups in total. The molecule has 1 saturated carbocycles. The summed E-state index contributed by atoms with van der Waals surface area (Å²) in [5, 5.41) is 0. The van der Waals surface area contributed by atoms with Crippen molar-refractivity contribution in [1.82, 2.24) is 4.90 Å². The number of nitrogens with zero attached hydrogens (tertiary/aromatic N) is 1. The second-order valence-corrected chi connectivity index (χ2v) is 7.71. The molecule has 0 bridgehead atoms. The van der Waals surface area contributed by atoms with Gasteiger partial charge in [0, 0.05) is 5.92 Å². The highest BCUT2D eigenvalue weighted by Crippen LogP contribution is 2.47. The van der Waals surface area contributed by atoms with Gasteiger partial charge in [0.1, 0.15) is 23.0 Å². The van der Waals surface area contributed by atoms with E-state index in [1.807, 2.05) is 55.5 Å². The first-order chi connectivity index (χ1) is 14.2. The number of amides is 1. The quantitative estimate of drug-likeness (QED) is 0.473. The third kappa shape index (κ3) is 4.56. The van der Waals surface area contributed by atoms with Gasteiger partial charge in [0.15, 0.2) is 0 Å². The van der Waals surface area contributed by atoms with Gasteiger partial charge in [-0.15, -0.1) is 0 Å². The van der Waals surface area contributed by atoms with E-state index in [1.165, 1.54) is 6.42 Å². The second-order valence-electron chi connectivity index (χ2n) is 7.71. The summed E-state index contributed by atoms with van der Waals surface area (Å²) in [6.45, 7) is 5.59. The van der Waals surface area contributed by atoms with Crippen LogP contribution in [0.25, 0.3) is 0 Å². The maximum absolute atomic E-state index is 13.4. The molecule has 0 aliphatic heterocycles. The van der Waals surface area contributed by atoms with E-state index >= 15 is 0 Å². The van der Waals surface area contributed by atoms with Gasteiger partial charge in [-0.2, -0.15) is 0 Å². The van der Waals surface area contributed by atoms with Gasteiger partial charge in [-0.05, 0) is 55.2 Å². The molecule has 1 aliphatic carbocycles. The van der Waals surface area contributed by atoms with Crippen LogP contribution >= 0.6 is 0 Å². The molecule has 0 spiro atoms. The Balaban J connectivity index is 1.57. The monoisotopic (exact) mass is 393 g/mol. The molecule has 2 aromatic heterocycles. The van der Waals surface area contributed by atoms with Crippen LogP contribution in [0, 0.1) is 5.92 Å². The summed E-state index contributed by atoms with van der Waals surface area (Å²) in [4.78, 5) is 15.2. The minimum atomic E-state index is -0.106. The van der Waals surface area contributed by atoms with E-state index < -0.39 is 0 Å². The minimum absolute atomic E-state index is 0.106. The summed E-state index contributed by atoms with van der Waals surface area (Å²) in [6.07, 6.45) is 3.67. The largest absolute Gasteiger partial charge is 0.493 e. The van der Waals surface area contributed by atoms with Gasteiger partial charge < -0.3 is 18.5 Å². The van der Waals surface area contributed by atoms with Crippen LogP contribution in [-0.4, -0.2) is 17.4 Å². The topological polar surface area (TPSA) is 55.8 Å². The summed E-state index contributed by atoms with van der Waals surface area (Å²) in [5.41, 5.74) is 0.551. The summed E-state index contributed by atoms with van der Waals surface area (Å²) in [6, 6.07) is 15.1. The summed E-state index contributed by atoms with van der Waals surface area (Å²) < 4.78 is 17.4. The van der Waals surface area contributed by atoms with Gasteiger partial charge in [-0.3, -0.25) is 4.79 Å². The van der Waals surface area contributed by atoms with Gasteiger partial charge in [-0.1, -0.05) is 26.0 Å². The van der Waals surface area contributed by atoms with Crippen molar-refractivity contribution >= 4 is 5.91 Å². The molecule has 1 aromatic carbocycles. The van der Waals surface area contributed by atoms with E-state index in [4.69, 9.17) is 13.6 Å². The molecule has 0 radical (unpaired) electrons. The van der Waals surface area contributed by atoms with Crippen molar-refractivity contribution in [3.8, 4) is 5.75 Å². The molecule has 1 amide bonds. The maximum Gasteiger partial charge on any atom is 0.258 e. The Bertz CT molecular complexity index is 943. The molecule has 2 heterocycles. The average molecular weight is 393 g/mol. The highest BCUT2D eigenvalue weighted by Gasteiger charge is 2.36. The van der Waals surface area contributed by atoms with Crippen molar-refractivity contribution < 1.29 is 18.4 Å². The van der Waals surface area contributed by atoms with Crippen LogP contribution in [0.3, 0.4) is 0 Å². The number of rotatable bonds is 9. The van der Waals surface area contributed by atoms with Crippen molar-refractivity contribution in [2.24, 2.45) is 5.92 Å². The number of carbonyl (C=O) groups is 1. The number of carbonyl (C=O) groups excluding carboxylic acids is 1. The molecule has 152 valence electrons. The minimum Gasteiger partial charge on any atom is -0.493 e. The first-order valence-corrected chi connectivity index (χ1v) is 10.3. The van der Waals surface area contributed by atoms with Crippen LogP contribution in [-0.2, 0) is 13.1 Å². The van der Waals surface area contributed by atoms with Gasteiger partial charge in [0.05, 0.1) is 31.5 Å². The van der Waals surface area contributed by atoms with Crippen molar-refractivity contribution in [3.05, 3.63) is 77.6 Å². The number of hydrogen-bond acceptors (Lipinski definition) is 4. The number of furan rings is 2. The molecule has 5 nitrogen and oxygen atoms in total. The van der Waals surface area contributed by atoms with Gasteiger partial charge in [0.25, 0.3) is 5.91 Å². The van der Waals surface area contributed by atoms with Crippen molar-refractivity contribution in [1.29, 1.82) is 0 Å². The normalized spacial score (nSPS) is 17.9. The molecule has 2 atom stereocenters. The predicted octanol–water partition coefficient (Wildman–Crippen LogP) is 5.63. The van der Waals surface area contributed by atoms with E-state index in [-0.39, 0.29) is 5.91 Å². The lowest BCUT2D eigenvalue weighted by Gasteiger charge is -2.22. The van der Waals surface area contributed by atoms with E-state index in [0.29, 0.717) is 42.8 Å². The smallest absolute Gasteiger partial charge is 0.258 e. The Hall–Kier alpha value is -2.95. The zero-order valence-corrected chi connectivity index (χ0v) is 17.0. The molecule has 1 aliphatic rings. The molecule has 1 fully saturated rings. The molecule has 29 heavy (non-hydrogen) atoms. The molecule has 5 heteroatoms. The van der Waals surface area contributed by atoms with E-state index in [1.54, 1.807) is 11.2 Å². The number of hydrogen-bond donors (Lipinski definition) is 0.